The van der Waals surface area contributed by atoms with E-state index in [1.54, 1.807) is 11.5 Å². The summed E-state index contributed by atoms with van der Waals surface area (Å²) in [7, 11) is -3.14. The quantitative estimate of drug-likeness (QED) is 0.0854. The highest BCUT2D eigenvalue weighted by Crippen LogP contribution is 2.35. The maximum Gasteiger partial charge on any atom is 0.264 e. The number of methoxy groups -OCH3 is 1. The Morgan fingerprint density at radius 3 is 2.43 bits per heavy atom. The van der Waals surface area contributed by atoms with Gasteiger partial charge in [-0.2, -0.15) is 0 Å². The number of hydrogen-bond donors (Lipinski definition) is 3. The van der Waals surface area contributed by atoms with Gasteiger partial charge in [0.2, 0.25) is 11.8 Å². The molecular weight excluding hydrogens is 596 g/mol. The highest BCUT2D eigenvalue weighted by Gasteiger charge is 2.22. The minimum Gasteiger partial charge on any atom is -0.491 e. The van der Waals surface area contributed by atoms with Gasteiger partial charge in [-0.3, -0.25) is 14.7 Å². The van der Waals surface area contributed by atoms with Crippen molar-refractivity contribution in [2.24, 2.45) is 0 Å². The normalized spacial score (nSPS) is 11.4. The minimum absolute atomic E-state index is 0.0469. The van der Waals surface area contributed by atoms with Crippen LogP contribution in [0.2, 0.25) is 0 Å². The Hall–Kier alpha value is -4.43. The molecule has 0 radical (unpaired) electrons. The second-order valence-electron chi connectivity index (χ2n) is 10.0. The summed E-state index contributed by atoms with van der Waals surface area (Å²) in [6, 6.07) is 7.30. The third kappa shape index (κ3) is 8.14. The number of aromatic nitrogens is 3. The number of nitrogens with one attached hydrogen (secondary N) is 2. The van der Waals surface area contributed by atoms with Crippen molar-refractivity contribution in [2.45, 2.75) is 56.8 Å². The summed E-state index contributed by atoms with van der Waals surface area (Å²) in [5, 5.41) is 9.28. The standard InChI is InChI=1S/C30H33F2N5O6S/c1-19-23-13-20(15-26(29(23)35-18-34-19)43-12-8-6-4-3-5-7-9-28(38)36-39)21-14-25(30(42-2)33-17-21)37-44(40,41)27-11-10-22(31)16-24(27)32/h10-11,13-18,37,39H,3-9,12H2,1-2H3,(H,36,38). The predicted octanol–water partition coefficient (Wildman–Crippen LogP) is 5.70. The number of benzene rings is 2. The van der Waals surface area contributed by atoms with Crippen LogP contribution in [0.5, 0.6) is 11.6 Å². The molecule has 234 valence electrons. The first-order valence-electron chi connectivity index (χ1n) is 14.0. The fourth-order valence-electron chi connectivity index (χ4n) is 4.61. The first-order chi connectivity index (χ1) is 21.1. The molecule has 0 fully saturated rings. The molecule has 2 heterocycles. The van der Waals surface area contributed by atoms with E-state index in [9.17, 15) is 22.0 Å². The van der Waals surface area contributed by atoms with Gasteiger partial charge in [0.25, 0.3) is 10.0 Å². The molecule has 0 aliphatic rings. The van der Waals surface area contributed by atoms with Gasteiger partial charge in [-0.05, 0) is 55.7 Å². The average Bonchev–Trinajstić information content (AvgIpc) is 2.99. The third-order valence-corrected chi connectivity index (χ3v) is 8.29. The number of sulfonamides is 1. The number of carbonyl (C=O) groups is 1. The van der Waals surface area contributed by atoms with Gasteiger partial charge in [0.1, 0.15) is 39.8 Å². The third-order valence-electron chi connectivity index (χ3n) is 6.89. The maximum atomic E-state index is 14.3. The summed E-state index contributed by atoms with van der Waals surface area (Å²) in [5.74, 6) is -2.05. The molecule has 0 spiro atoms. The number of nitrogens with zero attached hydrogens (tertiary/aromatic N) is 3. The number of pyridine rings is 1. The Labute approximate surface area is 253 Å². The van der Waals surface area contributed by atoms with Crippen molar-refractivity contribution in [1.82, 2.24) is 20.4 Å². The highest BCUT2D eigenvalue weighted by molar-refractivity contribution is 7.92. The van der Waals surface area contributed by atoms with E-state index in [0.717, 1.165) is 49.6 Å². The second-order valence-corrected chi connectivity index (χ2v) is 11.7. The van der Waals surface area contributed by atoms with Crippen molar-refractivity contribution in [2.75, 3.05) is 18.4 Å². The van der Waals surface area contributed by atoms with Crippen molar-refractivity contribution in [3.8, 4) is 22.8 Å². The van der Waals surface area contributed by atoms with Crippen molar-refractivity contribution in [3.05, 3.63) is 66.3 Å². The van der Waals surface area contributed by atoms with Crippen LogP contribution in [0.1, 0.15) is 50.6 Å². The number of rotatable bonds is 15. The van der Waals surface area contributed by atoms with Gasteiger partial charge in [-0.1, -0.05) is 25.7 Å². The van der Waals surface area contributed by atoms with Crippen LogP contribution >= 0.6 is 0 Å². The van der Waals surface area contributed by atoms with Gasteiger partial charge in [-0.15, -0.1) is 0 Å². The molecule has 0 unspecified atom stereocenters. The molecule has 14 heteroatoms. The van der Waals surface area contributed by atoms with E-state index in [2.05, 4.69) is 19.7 Å². The van der Waals surface area contributed by atoms with Crippen molar-refractivity contribution < 1.29 is 36.7 Å². The number of hydrogen-bond acceptors (Lipinski definition) is 9. The lowest BCUT2D eigenvalue weighted by Gasteiger charge is -2.15. The van der Waals surface area contributed by atoms with E-state index in [1.165, 1.54) is 25.7 Å². The SMILES string of the molecule is COc1ncc(-c2cc(OCCCCCCCCC(=O)NO)c3ncnc(C)c3c2)cc1NS(=O)(=O)c1ccc(F)cc1F. The predicted molar refractivity (Wildman–Crippen MR) is 159 cm³/mol. The first-order valence-corrected chi connectivity index (χ1v) is 15.4. The Bertz CT molecular complexity index is 1740. The van der Waals surface area contributed by atoms with Crippen LogP contribution in [-0.2, 0) is 14.8 Å². The van der Waals surface area contributed by atoms with Gasteiger partial charge in [-0.25, -0.2) is 37.6 Å². The van der Waals surface area contributed by atoms with Gasteiger partial charge in [0, 0.05) is 35.3 Å². The van der Waals surface area contributed by atoms with Gasteiger partial charge >= 0.3 is 0 Å². The zero-order valence-electron chi connectivity index (χ0n) is 24.3. The van der Waals surface area contributed by atoms with Crippen LogP contribution in [0, 0.1) is 18.6 Å². The summed E-state index contributed by atoms with van der Waals surface area (Å²) < 4.78 is 67.4. The Kier molecular flexibility index (Phi) is 11.0. The van der Waals surface area contributed by atoms with Crippen LogP contribution in [0.15, 0.2) is 53.8 Å². The van der Waals surface area contributed by atoms with Gasteiger partial charge in [0.05, 0.1) is 13.7 Å². The zero-order valence-corrected chi connectivity index (χ0v) is 25.1. The summed E-state index contributed by atoms with van der Waals surface area (Å²) in [6.07, 6.45) is 8.53. The molecule has 4 aromatic rings. The molecular formula is C30H33F2N5O6S. The van der Waals surface area contributed by atoms with Gasteiger partial charge < -0.3 is 9.47 Å². The lowest BCUT2D eigenvalue weighted by Crippen LogP contribution is -2.17. The average molecular weight is 630 g/mol. The molecule has 3 N–H and O–H groups in total. The van der Waals surface area contributed by atoms with Crippen LogP contribution in [0.4, 0.5) is 14.5 Å². The number of ether oxygens (including phenoxy) is 2. The zero-order chi connectivity index (χ0) is 31.7. The molecule has 11 nitrogen and oxygen atoms in total. The molecule has 0 saturated heterocycles. The van der Waals surface area contributed by atoms with Crippen LogP contribution in [-0.4, -0.2) is 48.2 Å². The smallest absolute Gasteiger partial charge is 0.264 e. The minimum atomic E-state index is -4.46. The molecule has 2 aromatic heterocycles. The van der Waals surface area contributed by atoms with E-state index in [4.69, 9.17) is 14.7 Å². The topological polar surface area (TPSA) is 153 Å². The summed E-state index contributed by atoms with van der Waals surface area (Å²) in [5.41, 5.74) is 4.07. The van der Waals surface area contributed by atoms with Crippen molar-refractivity contribution in [3.63, 3.8) is 0 Å². The maximum absolute atomic E-state index is 14.3. The van der Waals surface area contributed by atoms with Crippen LogP contribution in [0.3, 0.4) is 0 Å². The number of aryl methyl sites for hydroxylation is 1. The number of fused-ring (bicyclic) bond motifs is 1. The van der Waals surface area contributed by atoms with E-state index >= 15 is 0 Å². The number of halogens is 2. The van der Waals surface area contributed by atoms with E-state index in [0.29, 0.717) is 53.6 Å². The molecule has 1 amide bonds. The molecule has 0 bridgehead atoms. The number of unbranched alkanes of at least 4 members (excludes halogenated alkanes) is 5. The lowest BCUT2D eigenvalue weighted by atomic mass is 10.0. The molecule has 0 atom stereocenters. The molecule has 0 saturated carbocycles. The number of amides is 1. The summed E-state index contributed by atoms with van der Waals surface area (Å²) in [6.45, 7) is 2.27. The monoisotopic (exact) mass is 629 g/mol. The van der Waals surface area contributed by atoms with E-state index in [1.807, 2.05) is 13.0 Å². The number of carbonyl (C=O) groups excluding carboxylic acids is 1. The molecule has 4 rings (SSSR count). The molecule has 2 aromatic carbocycles. The first kappa shape index (κ1) is 32.5. The van der Waals surface area contributed by atoms with E-state index < -0.39 is 26.6 Å². The fraction of sp³-hybridized carbons (Fsp3) is 0.333. The number of hydroxylamine groups is 1. The second kappa shape index (κ2) is 14.8. The van der Waals surface area contributed by atoms with Crippen LogP contribution in [0.25, 0.3) is 22.0 Å². The highest BCUT2D eigenvalue weighted by atomic mass is 32.2. The summed E-state index contributed by atoms with van der Waals surface area (Å²) in [4.78, 5) is 23.3. The number of anilines is 1. The Morgan fingerprint density at radius 2 is 1.70 bits per heavy atom. The largest absolute Gasteiger partial charge is 0.491 e. The van der Waals surface area contributed by atoms with Gasteiger partial charge in [0.15, 0.2) is 0 Å². The molecule has 0 aliphatic carbocycles. The van der Waals surface area contributed by atoms with Crippen LogP contribution < -0.4 is 19.7 Å². The van der Waals surface area contributed by atoms with E-state index in [-0.39, 0.29) is 17.5 Å². The Morgan fingerprint density at radius 1 is 0.955 bits per heavy atom. The summed E-state index contributed by atoms with van der Waals surface area (Å²) >= 11 is 0. The molecule has 0 aliphatic heterocycles. The van der Waals surface area contributed by atoms with Crippen molar-refractivity contribution in [1.29, 1.82) is 0 Å². The lowest BCUT2D eigenvalue weighted by molar-refractivity contribution is -0.129. The Balaban J connectivity index is 1.53. The fourth-order valence-corrected chi connectivity index (χ4v) is 5.72. The molecule has 44 heavy (non-hydrogen) atoms. The van der Waals surface area contributed by atoms with Crippen molar-refractivity contribution >= 4 is 32.5 Å².